The molecule has 2 fully saturated rings. The van der Waals surface area contributed by atoms with E-state index < -0.39 is 0 Å². The van der Waals surface area contributed by atoms with Crippen LogP contribution < -0.4 is 10.6 Å². The number of likely N-dealkylation sites (tertiary alicyclic amines) is 1. The van der Waals surface area contributed by atoms with Gasteiger partial charge in [0.25, 0.3) is 0 Å². The number of nitrogens with zero attached hydrogens (tertiary/aromatic N) is 2. The first-order valence-corrected chi connectivity index (χ1v) is 8.08. The third-order valence-corrected chi connectivity index (χ3v) is 4.34. The zero-order valence-electron chi connectivity index (χ0n) is 12.5. The van der Waals surface area contributed by atoms with Crippen LogP contribution >= 0.6 is 0 Å². The van der Waals surface area contributed by atoms with Gasteiger partial charge in [0.2, 0.25) is 0 Å². The van der Waals surface area contributed by atoms with E-state index in [0.717, 1.165) is 19.0 Å². The first-order chi connectivity index (χ1) is 9.38. The van der Waals surface area contributed by atoms with Crippen molar-refractivity contribution in [2.24, 2.45) is 4.99 Å². The van der Waals surface area contributed by atoms with Gasteiger partial charge in [0.15, 0.2) is 5.96 Å². The Morgan fingerprint density at radius 3 is 2.42 bits per heavy atom. The van der Waals surface area contributed by atoms with Crippen molar-refractivity contribution in [3.05, 3.63) is 0 Å². The van der Waals surface area contributed by atoms with E-state index in [9.17, 15) is 0 Å². The lowest BCUT2D eigenvalue weighted by molar-refractivity contribution is 0.232. The van der Waals surface area contributed by atoms with Crippen molar-refractivity contribution in [2.75, 3.05) is 33.2 Å². The van der Waals surface area contributed by atoms with Gasteiger partial charge in [-0.2, -0.15) is 0 Å². The Bertz CT molecular complexity index is 265. The molecule has 2 rings (SSSR count). The van der Waals surface area contributed by atoms with Crippen LogP contribution in [0.4, 0.5) is 0 Å². The monoisotopic (exact) mass is 266 g/mol. The molecule has 0 unspecified atom stereocenters. The molecule has 0 radical (unpaired) electrons. The van der Waals surface area contributed by atoms with E-state index in [1.165, 1.54) is 64.5 Å². The summed E-state index contributed by atoms with van der Waals surface area (Å²) in [6.45, 7) is 4.70. The van der Waals surface area contributed by atoms with Crippen molar-refractivity contribution < 1.29 is 0 Å². The predicted molar refractivity (Wildman–Crippen MR) is 81.7 cm³/mol. The Balaban J connectivity index is 1.61. The van der Waals surface area contributed by atoms with Gasteiger partial charge in [-0.05, 0) is 38.8 Å². The molecular formula is C15H30N4. The Labute approximate surface area is 118 Å². The van der Waals surface area contributed by atoms with Crippen LogP contribution in [0.25, 0.3) is 0 Å². The summed E-state index contributed by atoms with van der Waals surface area (Å²) in [5.41, 5.74) is 0. The molecule has 0 aromatic heterocycles. The Morgan fingerprint density at radius 1 is 1.05 bits per heavy atom. The maximum Gasteiger partial charge on any atom is 0.191 e. The lowest BCUT2D eigenvalue weighted by atomic mass is 9.96. The largest absolute Gasteiger partial charge is 0.355 e. The number of piperidine rings is 1. The van der Waals surface area contributed by atoms with Gasteiger partial charge in [0.05, 0.1) is 0 Å². The molecule has 0 spiro atoms. The number of aliphatic imine (C=N–C) groups is 1. The predicted octanol–water partition coefficient (Wildman–Crippen LogP) is 1.97. The minimum Gasteiger partial charge on any atom is -0.355 e. The fraction of sp³-hybridized carbons (Fsp3) is 0.933. The van der Waals surface area contributed by atoms with Crippen LogP contribution in [0.5, 0.6) is 0 Å². The molecule has 110 valence electrons. The van der Waals surface area contributed by atoms with E-state index in [1.807, 2.05) is 7.05 Å². The summed E-state index contributed by atoms with van der Waals surface area (Å²) < 4.78 is 0. The van der Waals surface area contributed by atoms with Crippen LogP contribution in [0.15, 0.2) is 4.99 Å². The Hall–Kier alpha value is -0.770. The van der Waals surface area contributed by atoms with Crippen molar-refractivity contribution in [3.63, 3.8) is 0 Å². The van der Waals surface area contributed by atoms with Gasteiger partial charge in [-0.15, -0.1) is 0 Å². The fourth-order valence-electron chi connectivity index (χ4n) is 3.15. The van der Waals surface area contributed by atoms with Crippen LogP contribution in [0, 0.1) is 0 Å². The van der Waals surface area contributed by atoms with Gasteiger partial charge >= 0.3 is 0 Å². The highest BCUT2D eigenvalue weighted by atomic mass is 15.2. The highest BCUT2D eigenvalue weighted by Crippen LogP contribution is 2.17. The zero-order chi connectivity index (χ0) is 13.3. The summed E-state index contributed by atoms with van der Waals surface area (Å²) in [5, 5.41) is 7.02. The highest BCUT2D eigenvalue weighted by Gasteiger charge is 2.14. The van der Waals surface area contributed by atoms with Gasteiger partial charge in [0.1, 0.15) is 0 Å². The maximum absolute atomic E-state index is 4.34. The second-order valence-corrected chi connectivity index (χ2v) is 5.88. The summed E-state index contributed by atoms with van der Waals surface area (Å²) in [4.78, 5) is 6.90. The fourth-order valence-corrected chi connectivity index (χ4v) is 3.15. The second kappa shape index (κ2) is 8.41. The summed E-state index contributed by atoms with van der Waals surface area (Å²) in [5.74, 6) is 0.990. The maximum atomic E-state index is 4.34. The summed E-state index contributed by atoms with van der Waals surface area (Å²) in [6.07, 6.45) is 10.9. The normalized spacial score (nSPS) is 23.3. The molecule has 0 aromatic rings. The molecule has 1 aliphatic heterocycles. The van der Waals surface area contributed by atoms with Crippen LogP contribution in [0.3, 0.4) is 0 Å². The topological polar surface area (TPSA) is 39.7 Å². The molecule has 4 heteroatoms. The lowest BCUT2D eigenvalue weighted by Gasteiger charge is -2.28. The number of guanidine groups is 1. The minimum atomic E-state index is 0.634. The smallest absolute Gasteiger partial charge is 0.191 e. The van der Waals surface area contributed by atoms with E-state index in [-0.39, 0.29) is 0 Å². The van der Waals surface area contributed by atoms with Crippen molar-refractivity contribution in [1.82, 2.24) is 15.5 Å². The van der Waals surface area contributed by atoms with Gasteiger partial charge in [-0.1, -0.05) is 25.7 Å². The van der Waals surface area contributed by atoms with Gasteiger partial charge in [0, 0.05) is 26.2 Å². The molecule has 0 aromatic carbocycles. The SMILES string of the molecule is CN=C(NCCN1CCCCC1)NC1CCCCC1. The molecule has 1 heterocycles. The average molecular weight is 266 g/mol. The quantitative estimate of drug-likeness (QED) is 0.604. The van der Waals surface area contributed by atoms with E-state index in [4.69, 9.17) is 0 Å². The average Bonchev–Trinajstić information content (AvgIpc) is 2.48. The highest BCUT2D eigenvalue weighted by molar-refractivity contribution is 5.79. The summed E-state index contributed by atoms with van der Waals surface area (Å²) in [6, 6.07) is 0.634. The molecule has 1 saturated carbocycles. The first kappa shape index (κ1) is 14.6. The number of nitrogens with one attached hydrogen (secondary N) is 2. The van der Waals surface area contributed by atoms with Crippen LogP contribution in [0.1, 0.15) is 51.4 Å². The molecule has 1 aliphatic carbocycles. The summed E-state index contributed by atoms with van der Waals surface area (Å²) in [7, 11) is 1.87. The molecule has 2 N–H and O–H groups in total. The Morgan fingerprint density at radius 2 is 1.74 bits per heavy atom. The molecule has 1 saturated heterocycles. The zero-order valence-corrected chi connectivity index (χ0v) is 12.5. The standard InChI is InChI=1S/C15H30N4/c1-16-15(18-14-8-4-2-5-9-14)17-10-13-19-11-6-3-7-12-19/h14H,2-13H2,1H3,(H2,16,17,18). The van der Waals surface area contributed by atoms with Crippen LogP contribution in [0.2, 0.25) is 0 Å². The van der Waals surface area contributed by atoms with Crippen molar-refractivity contribution in [2.45, 2.75) is 57.4 Å². The Kier molecular flexibility index (Phi) is 6.48. The molecular weight excluding hydrogens is 236 g/mol. The molecule has 19 heavy (non-hydrogen) atoms. The van der Waals surface area contributed by atoms with Crippen LogP contribution in [-0.2, 0) is 0 Å². The minimum absolute atomic E-state index is 0.634. The number of rotatable bonds is 4. The molecule has 0 amide bonds. The van der Waals surface area contributed by atoms with E-state index in [0.29, 0.717) is 6.04 Å². The summed E-state index contributed by atoms with van der Waals surface area (Å²) >= 11 is 0. The van der Waals surface area contributed by atoms with Crippen molar-refractivity contribution >= 4 is 5.96 Å². The van der Waals surface area contributed by atoms with Crippen molar-refractivity contribution in [3.8, 4) is 0 Å². The molecule has 0 atom stereocenters. The van der Waals surface area contributed by atoms with E-state index in [2.05, 4.69) is 20.5 Å². The lowest BCUT2D eigenvalue weighted by Crippen LogP contribution is -2.46. The third kappa shape index (κ3) is 5.39. The van der Waals surface area contributed by atoms with Crippen LogP contribution in [-0.4, -0.2) is 50.1 Å². The van der Waals surface area contributed by atoms with Crippen molar-refractivity contribution in [1.29, 1.82) is 0 Å². The first-order valence-electron chi connectivity index (χ1n) is 8.08. The molecule has 2 aliphatic rings. The van der Waals surface area contributed by atoms with Gasteiger partial charge in [-0.25, -0.2) is 0 Å². The van der Waals surface area contributed by atoms with Gasteiger partial charge < -0.3 is 15.5 Å². The third-order valence-electron chi connectivity index (χ3n) is 4.34. The molecule has 0 bridgehead atoms. The second-order valence-electron chi connectivity index (χ2n) is 5.88. The number of hydrogen-bond donors (Lipinski definition) is 2. The van der Waals surface area contributed by atoms with Gasteiger partial charge in [-0.3, -0.25) is 4.99 Å². The number of hydrogen-bond acceptors (Lipinski definition) is 2. The molecule has 4 nitrogen and oxygen atoms in total. The van der Waals surface area contributed by atoms with E-state index >= 15 is 0 Å². The van der Waals surface area contributed by atoms with E-state index in [1.54, 1.807) is 0 Å².